The van der Waals surface area contributed by atoms with Gasteiger partial charge in [-0.15, -0.1) is 0 Å². The fourth-order valence-corrected chi connectivity index (χ4v) is 4.68. The number of hydrogen-bond donors (Lipinski definition) is 0. The third kappa shape index (κ3) is 6.28. The fraction of sp³-hybridized carbons (Fsp3) is 0.100. The average molecular weight is 643 g/mol. The molecule has 0 saturated carbocycles. The predicted octanol–water partition coefficient (Wildman–Crippen LogP) is 7.97. The van der Waals surface area contributed by atoms with Gasteiger partial charge in [-0.1, -0.05) is 63.9 Å². The molecule has 0 amide bonds. The van der Waals surface area contributed by atoms with Gasteiger partial charge < -0.3 is 9.47 Å². The summed E-state index contributed by atoms with van der Waals surface area (Å²) in [6.45, 7) is 0.183. The molecule has 0 saturated heterocycles. The van der Waals surface area contributed by atoms with E-state index < -0.39 is 17.3 Å². The molecule has 4 aromatic carbocycles. The van der Waals surface area contributed by atoms with Crippen molar-refractivity contribution in [1.82, 2.24) is 9.66 Å². The molecule has 0 unspecified atom stereocenters. The Morgan fingerprint density at radius 3 is 2.51 bits per heavy atom. The summed E-state index contributed by atoms with van der Waals surface area (Å²) in [6.07, 6.45) is -3.20. The Kier molecular flexibility index (Phi) is 8.14. The van der Waals surface area contributed by atoms with E-state index >= 15 is 0 Å². The third-order valence-electron chi connectivity index (χ3n) is 6.08. The molecule has 6 nitrogen and oxygen atoms in total. The lowest BCUT2D eigenvalue weighted by Gasteiger charge is -2.15. The molecule has 0 bridgehead atoms. The van der Waals surface area contributed by atoms with Crippen LogP contribution in [0.2, 0.25) is 5.02 Å². The maximum Gasteiger partial charge on any atom is 0.416 e. The summed E-state index contributed by atoms with van der Waals surface area (Å²) in [7, 11) is 1.49. The molecular weight excluding hydrogens is 623 g/mol. The van der Waals surface area contributed by atoms with Crippen molar-refractivity contribution in [2.75, 3.05) is 7.11 Å². The number of aromatic nitrogens is 2. The van der Waals surface area contributed by atoms with Gasteiger partial charge >= 0.3 is 6.18 Å². The largest absolute Gasteiger partial charge is 0.493 e. The van der Waals surface area contributed by atoms with Gasteiger partial charge in [-0.3, -0.25) is 4.79 Å². The number of halogens is 5. The summed E-state index contributed by atoms with van der Waals surface area (Å²) >= 11 is 9.43. The highest BCUT2D eigenvalue weighted by Crippen LogP contribution is 2.35. The van der Waals surface area contributed by atoms with Gasteiger partial charge in [0.1, 0.15) is 6.61 Å². The lowest BCUT2D eigenvalue weighted by atomic mass is 10.1. The van der Waals surface area contributed by atoms with E-state index in [4.69, 9.17) is 21.1 Å². The van der Waals surface area contributed by atoms with Crippen molar-refractivity contribution in [2.24, 2.45) is 5.10 Å². The zero-order chi connectivity index (χ0) is 29.1. The molecule has 11 heteroatoms. The summed E-state index contributed by atoms with van der Waals surface area (Å²) in [5.41, 5.74) is 0.273. The number of nitrogens with zero attached hydrogens (tertiary/aromatic N) is 3. The minimum absolute atomic E-state index is 0.0540. The number of fused-ring (bicyclic) bond motifs is 1. The Bertz CT molecular complexity index is 1820. The minimum Gasteiger partial charge on any atom is -0.493 e. The Morgan fingerprint density at radius 1 is 1.02 bits per heavy atom. The van der Waals surface area contributed by atoms with E-state index in [-0.39, 0.29) is 23.4 Å². The van der Waals surface area contributed by atoms with Crippen molar-refractivity contribution in [3.05, 3.63) is 121 Å². The van der Waals surface area contributed by atoms with Crippen LogP contribution in [-0.2, 0) is 12.8 Å². The Morgan fingerprint density at radius 2 is 1.78 bits per heavy atom. The Labute approximate surface area is 245 Å². The minimum atomic E-state index is -4.58. The summed E-state index contributed by atoms with van der Waals surface area (Å²) < 4.78 is 53.7. The molecule has 0 aliphatic heterocycles. The first kappa shape index (κ1) is 28.4. The number of alkyl halides is 3. The second-order valence-corrected chi connectivity index (χ2v) is 10.2. The van der Waals surface area contributed by atoms with Crippen molar-refractivity contribution in [1.29, 1.82) is 0 Å². The van der Waals surface area contributed by atoms with Gasteiger partial charge in [-0.25, -0.2) is 4.98 Å². The summed E-state index contributed by atoms with van der Waals surface area (Å²) in [6, 6.07) is 21.7. The summed E-state index contributed by atoms with van der Waals surface area (Å²) in [5, 5.41) is 5.25. The molecule has 208 valence electrons. The monoisotopic (exact) mass is 641 g/mol. The van der Waals surface area contributed by atoms with Crippen molar-refractivity contribution < 1.29 is 22.6 Å². The van der Waals surface area contributed by atoms with Crippen LogP contribution in [0.1, 0.15) is 16.7 Å². The van der Waals surface area contributed by atoms with E-state index in [1.165, 1.54) is 25.5 Å². The average Bonchev–Trinajstić information content (AvgIpc) is 2.96. The number of methoxy groups -OCH3 is 1. The van der Waals surface area contributed by atoms with E-state index in [2.05, 4.69) is 26.0 Å². The highest BCUT2D eigenvalue weighted by Gasteiger charge is 2.31. The SMILES string of the molecule is COc1cc(Br)cc(C=Nn2c(-c3cccc(C(F)(F)F)c3)nc3ccccc3c2=O)c1OCc1ccc(Cl)cc1. The molecule has 1 heterocycles. The second-order valence-electron chi connectivity index (χ2n) is 8.83. The van der Waals surface area contributed by atoms with Crippen LogP contribution in [0.15, 0.2) is 99.3 Å². The van der Waals surface area contributed by atoms with Crippen LogP contribution in [0, 0.1) is 0 Å². The van der Waals surface area contributed by atoms with Crippen LogP contribution in [0.5, 0.6) is 11.5 Å². The maximum absolute atomic E-state index is 13.5. The maximum atomic E-state index is 13.5. The van der Waals surface area contributed by atoms with Crippen LogP contribution < -0.4 is 15.0 Å². The molecule has 0 atom stereocenters. The number of para-hydroxylation sites is 1. The van der Waals surface area contributed by atoms with Crippen LogP contribution in [0.25, 0.3) is 22.3 Å². The first-order valence-electron chi connectivity index (χ1n) is 12.1. The van der Waals surface area contributed by atoms with Gasteiger partial charge in [-0.05, 0) is 54.1 Å². The quantitative estimate of drug-likeness (QED) is 0.169. The first-order chi connectivity index (χ1) is 19.6. The zero-order valence-electron chi connectivity index (χ0n) is 21.3. The molecular formula is C30H20BrClF3N3O3. The van der Waals surface area contributed by atoms with E-state index in [1.54, 1.807) is 48.5 Å². The molecule has 0 aliphatic rings. The molecule has 1 aromatic heterocycles. The van der Waals surface area contributed by atoms with Gasteiger partial charge in [0.25, 0.3) is 5.56 Å². The summed E-state index contributed by atoms with van der Waals surface area (Å²) in [4.78, 5) is 18.1. The smallest absolute Gasteiger partial charge is 0.416 e. The second kappa shape index (κ2) is 11.8. The van der Waals surface area contributed by atoms with Gasteiger partial charge in [0.05, 0.1) is 29.8 Å². The van der Waals surface area contributed by atoms with Crippen LogP contribution >= 0.6 is 27.5 Å². The van der Waals surface area contributed by atoms with Crippen LogP contribution in [0.4, 0.5) is 13.2 Å². The Balaban J connectivity index is 1.63. The molecule has 0 fully saturated rings. The van der Waals surface area contributed by atoms with Gasteiger partial charge in [0, 0.05) is 20.6 Å². The molecule has 5 aromatic rings. The lowest BCUT2D eigenvalue weighted by Crippen LogP contribution is -2.20. The zero-order valence-corrected chi connectivity index (χ0v) is 23.7. The van der Waals surface area contributed by atoms with E-state index in [0.29, 0.717) is 32.1 Å². The van der Waals surface area contributed by atoms with Crippen LogP contribution in [0.3, 0.4) is 0 Å². The molecule has 0 radical (unpaired) electrons. The number of benzene rings is 4. The van der Waals surface area contributed by atoms with Crippen molar-refractivity contribution in [3.8, 4) is 22.9 Å². The lowest BCUT2D eigenvalue weighted by molar-refractivity contribution is -0.137. The van der Waals surface area contributed by atoms with Crippen molar-refractivity contribution >= 4 is 44.6 Å². The van der Waals surface area contributed by atoms with Crippen molar-refractivity contribution in [3.63, 3.8) is 0 Å². The first-order valence-corrected chi connectivity index (χ1v) is 13.3. The number of rotatable bonds is 7. The van der Waals surface area contributed by atoms with Crippen molar-refractivity contribution in [2.45, 2.75) is 12.8 Å². The molecule has 0 aliphatic carbocycles. The number of hydrogen-bond acceptors (Lipinski definition) is 5. The van der Waals surface area contributed by atoms with Crippen LogP contribution in [-0.4, -0.2) is 23.0 Å². The molecule has 41 heavy (non-hydrogen) atoms. The standard InChI is InChI=1S/C30H20BrClF3N3O3/c1-40-26-15-22(31)14-20(27(26)41-17-18-9-11-23(32)12-10-18)16-36-38-28(19-5-4-6-21(13-19)30(33,34)35)37-25-8-3-2-7-24(25)29(38)39/h2-16H,17H2,1H3. The van der Waals surface area contributed by atoms with E-state index in [9.17, 15) is 18.0 Å². The van der Waals surface area contributed by atoms with Gasteiger partial charge in [-0.2, -0.15) is 22.9 Å². The topological polar surface area (TPSA) is 65.7 Å². The van der Waals surface area contributed by atoms with E-state index in [0.717, 1.165) is 22.4 Å². The van der Waals surface area contributed by atoms with Gasteiger partial charge in [0.2, 0.25) is 0 Å². The predicted molar refractivity (Wildman–Crippen MR) is 156 cm³/mol. The highest BCUT2D eigenvalue weighted by atomic mass is 79.9. The Hall–Kier alpha value is -4.15. The molecule has 5 rings (SSSR count). The fourth-order valence-electron chi connectivity index (χ4n) is 4.10. The highest BCUT2D eigenvalue weighted by molar-refractivity contribution is 9.10. The number of ether oxygens (including phenoxy) is 2. The molecule has 0 N–H and O–H groups in total. The van der Waals surface area contributed by atoms with E-state index in [1.807, 2.05) is 12.1 Å². The third-order valence-corrected chi connectivity index (χ3v) is 6.79. The molecule has 0 spiro atoms. The summed E-state index contributed by atoms with van der Waals surface area (Å²) in [5.74, 6) is 0.690. The normalized spacial score (nSPS) is 11.8. The van der Waals surface area contributed by atoms with Gasteiger partial charge in [0.15, 0.2) is 17.3 Å².